The van der Waals surface area contributed by atoms with E-state index >= 15 is 0 Å². The Morgan fingerprint density at radius 2 is 0.511 bits per heavy atom. The van der Waals surface area contributed by atoms with E-state index in [1.807, 2.05) is 0 Å². The lowest BCUT2D eigenvalue weighted by Gasteiger charge is -2.21. The molecule has 0 aliphatic carbocycles. The van der Waals surface area contributed by atoms with Crippen molar-refractivity contribution in [3.8, 4) is 0 Å². The second-order valence-electron chi connectivity index (χ2n) is 26.1. The molecule has 0 heterocycles. The van der Waals surface area contributed by atoms with Crippen LogP contribution < -0.4 is 0 Å². The van der Waals surface area contributed by atoms with Gasteiger partial charge in [0.05, 0.1) is 26.4 Å². The van der Waals surface area contributed by atoms with Crippen molar-refractivity contribution in [2.75, 3.05) is 39.6 Å². The molecule has 0 spiro atoms. The van der Waals surface area contributed by atoms with Gasteiger partial charge in [-0.1, -0.05) is 317 Å². The van der Waals surface area contributed by atoms with Gasteiger partial charge in [0, 0.05) is 25.7 Å². The highest BCUT2D eigenvalue weighted by molar-refractivity contribution is 7.47. The summed E-state index contributed by atoms with van der Waals surface area (Å²) in [5.41, 5.74) is 0. The fourth-order valence-electron chi connectivity index (χ4n) is 10.8. The number of unbranched alkanes of at least 4 members (excludes halogenated alkanes) is 43. The van der Waals surface area contributed by atoms with Gasteiger partial charge in [-0.3, -0.25) is 37.3 Å². The lowest BCUT2D eigenvalue weighted by molar-refractivity contribution is -0.161. The zero-order valence-electron chi connectivity index (χ0n) is 58.3. The summed E-state index contributed by atoms with van der Waals surface area (Å²) >= 11 is 0. The number of aliphatic hydroxyl groups is 1. The summed E-state index contributed by atoms with van der Waals surface area (Å²) < 4.78 is 68.3. The first kappa shape index (κ1) is 88.1. The number of hydrogen-bond acceptors (Lipinski definition) is 15. The fraction of sp³-hybridized carbons (Fsp3) is 0.944. The lowest BCUT2D eigenvalue weighted by Crippen LogP contribution is -2.30. The Hall–Kier alpha value is -1.94. The van der Waals surface area contributed by atoms with E-state index in [4.69, 9.17) is 37.0 Å². The number of carbonyl (C=O) groups is 4. The van der Waals surface area contributed by atoms with E-state index < -0.39 is 97.5 Å². The molecule has 534 valence electrons. The highest BCUT2D eigenvalue weighted by Crippen LogP contribution is 2.45. The minimum absolute atomic E-state index is 0.105. The van der Waals surface area contributed by atoms with Crippen molar-refractivity contribution in [2.45, 2.75) is 387 Å². The summed E-state index contributed by atoms with van der Waals surface area (Å²) in [5.74, 6) is -1.40. The second-order valence-corrected chi connectivity index (χ2v) is 29.0. The predicted octanol–water partition coefficient (Wildman–Crippen LogP) is 20.5. The van der Waals surface area contributed by atoms with Gasteiger partial charge in [-0.15, -0.1) is 0 Å². The van der Waals surface area contributed by atoms with Crippen LogP contribution in [-0.4, -0.2) is 96.7 Å². The average molecular weight is 1330 g/mol. The molecule has 2 unspecified atom stereocenters. The summed E-state index contributed by atoms with van der Waals surface area (Å²) in [7, 11) is -9.90. The molecule has 3 N–H and O–H groups in total. The fourth-order valence-corrected chi connectivity index (χ4v) is 12.4. The van der Waals surface area contributed by atoms with Gasteiger partial charge < -0.3 is 33.8 Å². The van der Waals surface area contributed by atoms with E-state index in [9.17, 15) is 43.2 Å². The van der Waals surface area contributed by atoms with Gasteiger partial charge in [0.15, 0.2) is 12.2 Å². The van der Waals surface area contributed by atoms with Crippen molar-refractivity contribution in [2.24, 2.45) is 5.92 Å². The van der Waals surface area contributed by atoms with Gasteiger partial charge >= 0.3 is 39.5 Å². The molecule has 0 saturated carbocycles. The summed E-state index contributed by atoms with van der Waals surface area (Å²) in [6, 6.07) is 0. The van der Waals surface area contributed by atoms with Crippen LogP contribution in [0.3, 0.4) is 0 Å². The number of aliphatic hydroxyl groups excluding tert-OH is 1. The van der Waals surface area contributed by atoms with Crippen LogP contribution in [0.5, 0.6) is 0 Å². The first-order valence-electron chi connectivity index (χ1n) is 37.1. The smallest absolute Gasteiger partial charge is 0.462 e. The third-order valence-electron chi connectivity index (χ3n) is 16.5. The zero-order chi connectivity index (χ0) is 66.3. The first-order chi connectivity index (χ1) is 43.5. The minimum atomic E-state index is -4.95. The molecular formula is C71H138O17P2. The number of phosphoric ester groups is 2. The maximum absolute atomic E-state index is 13.0. The van der Waals surface area contributed by atoms with Crippen LogP contribution in [0.15, 0.2) is 0 Å². The lowest BCUT2D eigenvalue weighted by atomic mass is 10.0. The van der Waals surface area contributed by atoms with E-state index in [0.29, 0.717) is 25.7 Å². The molecule has 19 heteroatoms. The van der Waals surface area contributed by atoms with Crippen LogP contribution in [0.2, 0.25) is 0 Å². The van der Waals surface area contributed by atoms with E-state index in [1.165, 1.54) is 193 Å². The molecule has 90 heavy (non-hydrogen) atoms. The molecular weight excluding hydrogens is 1190 g/mol. The van der Waals surface area contributed by atoms with E-state index in [-0.39, 0.29) is 25.7 Å². The Morgan fingerprint density at radius 1 is 0.300 bits per heavy atom. The summed E-state index contributed by atoms with van der Waals surface area (Å²) in [6.45, 7) is 7.21. The summed E-state index contributed by atoms with van der Waals surface area (Å²) in [6.07, 6.45) is 51.2. The summed E-state index contributed by atoms with van der Waals surface area (Å²) in [5, 5.41) is 10.6. The van der Waals surface area contributed by atoms with Crippen molar-refractivity contribution in [3.05, 3.63) is 0 Å². The number of carbonyl (C=O) groups excluding carboxylic acids is 4. The quantitative estimate of drug-likeness (QED) is 0.0222. The molecule has 0 radical (unpaired) electrons. The molecule has 0 saturated heterocycles. The topological polar surface area (TPSA) is 237 Å². The molecule has 0 aromatic heterocycles. The first-order valence-corrected chi connectivity index (χ1v) is 40.1. The Balaban J connectivity index is 5.24. The number of phosphoric acid groups is 2. The van der Waals surface area contributed by atoms with Crippen LogP contribution >= 0.6 is 15.6 Å². The van der Waals surface area contributed by atoms with Crippen LogP contribution in [-0.2, 0) is 65.4 Å². The SMILES string of the molecule is CCCCCCCCCCCCCCCCCCC(=O)O[C@H](COC(=O)CCCCCCCCCCCCCCC)COP(=O)(O)OC[C@@H](O)COP(=O)(O)OC[C@@H](COC(=O)CCCCCCCCCCCC)OC(=O)CCCCCCCCCCC(C)C. The average Bonchev–Trinajstić information content (AvgIpc) is 3.24. The van der Waals surface area contributed by atoms with Crippen LogP contribution in [0.1, 0.15) is 369 Å². The van der Waals surface area contributed by atoms with Gasteiger partial charge in [0.1, 0.15) is 19.3 Å². The Labute approximate surface area is 549 Å². The number of hydrogen-bond donors (Lipinski definition) is 3. The van der Waals surface area contributed by atoms with Crippen LogP contribution in [0, 0.1) is 5.92 Å². The third-order valence-corrected chi connectivity index (χ3v) is 18.4. The largest absolute Gasteiger partial charge is 0.472 e. The maximum atomic E-state index is 13.0. The molecule has 0 aliphatic rings. The van der Waals surface area contributed by atoms with Gasteiger partial charge in [0.2, 0.25) is 0 Å². The second kappa shape index (κ2) is 64.4. The normalized spacial score (nSPS) is 14.1. The monoisotopic (exact) mass is 1320 g/mol. The number of esters is 4. The van der Waals surface area contributed by atoms with E-state index in [0.717, 1.165) is 95.8 Å². The van der Waals surface area contributed by atoms with Crippen LogP contribution in [0.4, 0.5) is 0 Å². The highest BCUT2D eigenvalue weighted by atomic mass is 31.2. The Kier molecular flexibility index (Phi) is 63.0. The van der Waals surface area contributed by atoms with Crippen molar-refractivity contribution in [1.29, 1.82) is 0 Å². The van der Waals surface area contributed by atoms with Gasteiger partial charge in [0.25, 0.3) is 0 Å². The zero-order valence-corrected chi connectivity index (χ0v) is 60.1. The standard InChI is InChI=1S/C71H138O17P2/c1-6-9-12-15-18-21-24-26-27-28-30-32-35-41-46-51-56-70(75)87-66(60-82-69(74)55-50-45-40-34-31-29-25-22-19-16-13-10-7-2)62-85-89(77,78)83-58-65(72)59-84-90(79,80)86-63-67(61-81-68(73)54-49-44-39-33-23-20-17-14-11-8-3)88-71(76)57-52-47-42-37-36-38-43-48-53-64(4)5/h64-67,72H,6-63H2,1-5H3,(H,77,78)(H,79,80)/t65-,66-,67-/m1/s1. The molecule has 17 nitrogen and oxygen atoms in total. The predicted molar refractivity (Wildman–Crippen MR) is 363 cm³/mol. The Bertz CT molecular complexity index is 1740. The van der Waals surface area contributed by atoms with Crippen molar-refractivity contribution in [1.82, 2.24) is 0 Å². The summed E-state index contributed by atoms with van der Waals surface area (Å²) in [4.78, 5) is 72.6. The number of rotatable bonds is 71. The molecule has 0 fully saturated rings. The van der Waals surface area contributed by atoms with Gasteiger partial charge in [-0.05, 0) is 31.6 Å². The van der Waals surface area contributed by atoms with Crippen molar-refractivity contribution >= 4 is 39.5 Å². The van der Waals surface area contributed by atoms with Gasteiger partial charge in [-0.25, -0.2) is 9.13 Å². The number of ether oxygens (including phenoxy) is 4. The molecule has 5 atom stereocenters. The molecule has 0 aromatic carbocycles. The third kappa shape index (κ3) is 64.8. The van der Waals surface area contributed by atoms with E-state index in [1.54, 1.807) is 0 Å². The van der Waals surface area contributed by atoms with Crippen molar-refractivity contribution in [3.63, 3.8) is 0 Å². The molecule has 0 rings (SSSR count). The minimum Gasteiger partial charge on any atom is -0.462 e. The maximum Gasteiger partial charge on any atom is 0.472 e. The molecule has 0 aromatic rings. The van der Waals surface area contributed by atoms with E-state index in [2.05, 4.69) is 34.6 Å². The Morgan fingerprint density at radius 3 is 0.756 bits per heavy atom. The molecule has 0 bridgehead atoms. The van der Waals surface area contributed by atoms with Gasteiger partial charge in [-0.2, -0.15) is 0 Å². The van der Waals surface area contributed by atoms with Crippen molar-refractivity contribution < 1.29 is 80.2 Å². The highest BCUT2D eigenvalue weighted by Gasteiger charge is 2.30. The molecule has 0 aliphatic heterocycles. The molecule has 0 amide bonds. The van der Waals surface area contributed by atoms with Crippen LogP contribution in [0.25, 0.3) is 0 Å².